The molecule has 1 saturated heterocycles. The number of benzene rings is 1. The fraction of sp³-hybridized carbons (Fsp3) is 0.400. The predicted molar refractivity (Wildman–Crippen MR) is 97.4 cm³/mol. The molecule has 1 aromatic heterocycles. The summed E-state index contributed by atoms with van der Waals surface area (Å²) in [5.74, 6) is 0.578. The third-order valence-electron chi connectivity index (χ3n) is 4.61. The van der Waals surface area contributed by atoms with Crippen LogP contribution < -0.4 is 4.74 Å². The number of carbonyl (C=O) groups is 1. The van der Waals surface area contributed by atoms with Crippen LogP contribution in [-0.2, 0) is 0 Å². The standard InChI is InChI=1S/C20H24N2O4/c1-13(2)14-5-3-6-15(11-14)26-18-8-10-22(12-17(18)24)20(25)19-16(23)7-4-9-21-19/h3-7,9,11,13,17-18,23-24H,8,10,12H2,1-2H3/t17-,18-/m1/s1. The zero-order valence-corrected chi connectivity index (χ0v) is 15.0. The first-order valence-electron chi connectivity index (χ1n) is 8.83. The van der Waals surface area contributed by atoms with E-state index in [4.69, 9.17) is 4.74 Å². The van der Waals surface area contributed by atoms with Crippen molar-refractivity contribution in [3.8, 4) is 11.5 Å². The van der Waals surface area contributed by atoms with Gasteiger partial charge in [0.1, 0.15) is 23.7 Å². The Morgan fingerprint density at radius 1 is 1.31 bits per heavy atom. The maximum absolute atomic E-state index is 12.5. The van der Waals surface area contributed by atoms with Crippen LogP contribution in [0.4, 0.5) is 0 Å². The molecule has 0 unspecified atom stereocenters. The van der Waals surface area contributed by atoms with Crippen LogP contribution in [0.5, 0.6) is 11.5 Å². The summed E-state index contributed by atoms with van der Waals surface area (Å²) in [5.41, 5.74) is 1.18. The summed E-state index contributed by atoms with van der Waals surface area (Å²) < 4.78 is 5.96. The van der Waals surface area contributed by atoms with Crippen molar-refractivity contribution in [1.82, 2.24) is 9.88 Å². The average Bonchev–Trinajstić information content (AvgIpc) is 2.63. The largest absolute Gasteiger partial charge is 0.505 e. The number of hydrogen-bond acceptors (Lipinski definition) is 5. The second kappa shape index (κ2) is 7.74. The van der Waals surface area contributed by atoms with Crippen molar-refractivity contribution in [2.24, 2.45) is 0 Å². The lowest BCUT2D eigenvalue weighted by molar-refractivity contribution is -0.0201. The van der Waals surface area contributed by atoms with Gasteiger partial charge in [0.25, 0.3) is 5.91 Å². The molecular formula is C20H24N2O4. The number of nitrogens with zero attached hydrogens (tertiary/aromatic N) is 2. The van der Waals surface area contributed by atoms with Gasteiger partial charge in [0, 0.05) is 19.2 Å². The number of amides is 1. The highest BCUT2D eigenvalue weighted by Crippen LogP contribution is 2.25. The van der Waals surface area contributed by atoms with Gasteiger partial charge in [0.15, 0.2) is 5.69 Å². The molecule has 1 aliphatic rings. The Hall–Kier alpha value is -2.60. The number of aromatic hydroxyl groups is 1. The first-order valence-corrected chi connectivity index (χ1v) is 8.83. The number of aliphatic hydroxyl groups is 1. The highest BCUT2D eigenvalue weighted by molar-refractivity contribution is 5.94. The van der Waals surface area contributed by atoms with E-state index in [2.05, 4.69) is 24.9 Å². The quantitative estimate of drug-likeness (QED) is 0.880. The van der Waals surface area contributed by atoms with E-state index in [1.165, 1.54) is 22.7 Å². The smallest absolute Gasteiger partial charge is 0.276 e. The lowest BCUT2D eigenvalue weighted by Gasteiger charge is -2.35. The minimum absolute atomic E-state index is 0.00343. The van der Waals surface area contributed by atoms with Crippen molar-refractivity contribution in [3.63, 3.8) is 0 Å². The summed E-state index contributed by atoms with van der Waals surface area (Å²) in [4.78, 5) is 17.9. The second-order valence-electron chi connectivity index (χ2n) is 6.86. The molecule has 0 spiro atoms. The molecule has 3 rings (SSSR count). The number of ether oxygens (including phenoxy) is 1. The Bertz CT molecular complexity index is 778. The maximum atomic E-state index is 12.5. The molecule has 2 N–H and O–H groups in total. The molecule has 1 amide bonds. The molecule has 0 aliphatic carbocycles. The molecule has 0 radical (unpaired) electrons. The summed E-state index contributed by atoms with van der Waals surface area (Å²) in [7, 11) is 0. The fourth-order valence-electron chi connectivity index (χ4n) is 3.07. The number of piperidine rings is 1. The van der Waals surface area contributed by atoms with Gasteiger partial charge >= 0.3 is 0 Å². The van der Waals surface area contributed by atoms with Crippen LogP contribution in [0.3, 0.4) is 0 Å². The van der Waals surface area contributed by atoms with E-state index in [1.807, 2.05) is 18.2 Å². The summed E-state index contributed by atoms with van der Waals surface area (Å²) in [6, 6.07) is 10.8. The molecule has 138 valence electrons. The van der Waals surface area contributed by atoms with Gasteiger partial charge in [-0.15, -0.1) is 0 Å². The Balaban J connectivity index is 1.64. The minimum Gasteiger partial charge on any atom is -0.505 e. The molecule has 6 nitrogen and oxygen atoms in total. The summed E-state index contributed by atoms with van der Waals surface area (Å²) in [6.07, 6.45) is 0.785. The Morgan fingerprint density at radius 2 is 2.12 bits per heavy atom. The van der Waals surface area contributed by atoms with Gasteiger partial charge in [0.05, 0.1) is 6.54 Å². The lowest BCUT2D eigenvalue weighted by Crippen LogP contribution is -2.51. The molecule has 1 aliphatic heterocycles. The normalized spacial score (nSPS) is 20.2. The number of pyridine rings is 1. The number of carbonyl (C=O) groups excluding carboxylic acids is 1. The molecular weight excluding hydrogens is 332 g/mol. The van der Waals surface area contributed by atoms with Gasteiger partial charge in [-0.05, 0) is 35.7 Å². The van der Waals surface area contributed by atoms with E-state index in [0.717, 1.165) is 5.75 Å². The van der Waals surface area contributed by atoms with Crippen molar-refractivity contribution >= 4 is 5.91 Å². The van der Waals surface area contributed by atoms with Crippen molar-refractivity contribution < 1.29 is 19.7 Å². The number of rotatable bonds is 4. The van der Waals surface area contributed by atoms with Crippen molar-refractivity contribution in [3.05, 3.63) is 53.9 Å². The Morgan fingerprint density at radius 3 is 2.81 bits per heavy atom. The summed E-state index contributed by atoms with van der Waals surface area (Å²) in [6.45, 7) is 4.81. The molecule has 2 heterocycles. The van der Waals surface area contributed by atoms with Gasteiger partial charge < -0.3 is 19.8 Å². The first-order chi connectivity index (χ1) is 12.5. The molecule has 0 bridgehead atoms. The van der Waals surface area contributed by atoms with Gasteiger partial charge in [-0.25, -0.2) is 4.98 Å². The number of likely N-dealkylation sites (tertiary alicyclic amines) is 1. The Labute approximate surface area is 153 Å². The number of β-amino-alcohol motifs (C(OH)–C–C–N with tert-alkyl or cyclic N) is 1. The third-order valence-corrected chi connectivity index (χ3v) is 4.61. The highest BCUT2D eigenvalue weighted by atomic mass is 16.5. The zero-order valence-electron chi connectivity index (χ0n) is 15.0. The van der Waals surface area contributed by atoms with E-state index in [9.17, 15) is 15.0 Å². The van der Waals surface area contributed by atoms with Crippen LogP contribution in [0.25, 0.3) is 0 Å². The molecule has 6 heteroatoms. The van der Waals surface area contributed by atoms with Crippen LogP contribution in [0.2, 0.25) is 0 Å². The minimum atomic E-state index is -0.804. The molecule has 0 saturated carbocycles. The molecule has 2 atom stereocenters. The second-order valence-corrected chi connectivity index (χ2v) is 6.86. The molecule has 26 heavy (non-hydrogen) atoms. The van der Waals surface area contributed by atoms with Gasteiger partial charge in [-0.2, -0.15) is 0 Å². The summed E-state index contributed by atoms with van der Waals surface area (Å²) >= 11 is 0. The zero-order chi connectivity index (χ0) is 18.7. The lowest BCUT2D eigenvalue weighted by atomic mass is 10.0. The van der Waals surface area contributed by atoms with Crippen LogP contribution >= 0.6 is 0 Å². The number of aliphatic hydroxyl groups excluding tert-OH is 1. The van der Waals surface area contributed by atoms with Crippen LogP contribution in [0, 0.1) is 0 Å². The maximum Gasteiger partial charge on any atom is 0.276 e. The van der Waals surface area contributed by atoms with Gasteiger partial charge in [-0.3, -0.25) is 4.79 Å². The first kappa shape index (κ1) is 18.2. The van der Waals surface area contributed by atoms with Crippen molar-refractivity contribution in [2.75, 3.05) is 13.1 Å². The van der Waals surface area contributed by atoms with E-state index < -0.39 is 6.10 Å². The number of aromatic nitrogens is 1. The van der Waals surface area contributed by atoms with Crippen LogP contribution in [0.15, 0.2) is 42.6 Å². The fourth-order valence-corrected chi connectivity index (χ4v) is 3.07. The summed E-state index contributed by atoms with van der Waals surface area (Å²) in [5, 5.41) is 20.2. The molecule has 2 aromatic rings. The average molecular weight is 356 g/mol. The van der Waals surface area contributed by atoms with Gasteiger partial charge in [0.2, 0.25) is 0 Å². The highest BCUT2D eigenvalue weighted by Gasteiger charge is 2.33. The molecule has 1 aromatic carbocycles. The van der Waals surface area contributed by atoms with Crippen molar-refractivity contribution in [1.29, 1.82) is 0 Å². The molecule has 1 fully saturated rings. The van der Waals surface area contributed by atoms with Crippen LogP contribution in [0.1, 0.15) is 42.2 Å². The SMILES string of the molecule is CC(C)c1cccc(O[C@@H]2CCN(C(=O)c3ncccc3O)C[C@H]2O)c1. The van der Waals surface area contributed by atoms with E-state index in [1.54, 1.807) is 6.07 Å². The van der Waals surface area contributed by atoms with Crippen LogP contribution in [-0.4, -0.2) is 51.3 Å². The van der Waals surface area contributed by atoms with Crippen molar-refractivity contribution in [2.45, 2.75) is 38.4 Å². The van der Waals surface area contributed by atoms with E-state index >= 15 is 0 Å². The topological polar surface area (TPSA) is 82.9 Å². The monoisotopic (exact) mass is 356 g/mol. The van der Waals surface area contributed by atoms with E-state index in [0.29, 0.717) is 18.9 Å². The third kappa shape index (κ3) is 3.96. The van der Waals surface area contributed by atoms with Gasteiger partial charge in [-0.1, -0.05) is 26.0 Å². The Kier molecular flexibility index (Phi) is 5.42. The number of hydrogen-bond donors (Lipinski definition) is 2. The van der Waals surface area contributed by atoms with E-state index in [-0.39, 0.29) is 30.0 Å². The predicted octanol–water partition coefficient (Wildman–Crippen LogP) is 2.57.